The van der Waals surface area contributed by atoms with E-state index in [1.54, 1.807) is 6.26 Å². The third kappa shape index (κ3) is 10.1. The van der Waals surface area contributed by atoms with E-state index in [1.165, 1.54) is 6.26 Å². The zero-order valence-electron chi connectivity index (χ0n) is 8.95. The first-order valence-electron chi connectivity index (χ1n) is 4.52. The highest BCUT2D eigenvalue weighted by Gasteiger charge is 2.04. The van der Waals surface area contributed by atoms with Crippen LogP contribution >= 0.6 is 0 Å². The van der Waals surface area contributed by atoms with Gasteiger partial charge < -0.3 is 5.32 Å². The van der Waals surface area contributed by atoms with E-state index < -0.39 is 20.6 Å². The summed E-state index contributed by atoms with van der Waals surface area (Å²) < 4.78 is 32.4. The Morgan fingerprint density at radius 1 is 1.43 bits per heavy atom. The van der Waals surface area contributed by atoms with Crippen LogP contribution in [0.2, 0.25) is 0 Å². The minimum atomic E-state index is -2.85. The fourth-order valence-corrected chi connectivity index (χ4v) is 2.58. The first-order valence-corrected chi connectivity index (χ1v) is 8.31. The van der Waals surface area contributed by atoms with Crippen molar-refractivity contribution in [2.24, 2.45) is 0 Å². The molecule has 2 unspecified atom stereocenters. The highest BCUT2D eigenvalue weighted by molar-refractivity contribution is 7.90. The molecule has 0 aliphatic carbocycles. The van der Waals surface area contributed by atoms with Crippen LogP contribution in [-0.2, 0) is 20.6 Å². The van der Waals surface area contributed by atoms with Gasteiger partial charge in [-0.05, 0) is 19.9 Å². The van der Waals surface area contributed by atoms with Crippen LogP contribution in [0.5, 0.6) is 0 Å². The zero-order chi connectivity index (χ0) is 11.2. The lowest BCUT2D eigenvalue weighted by Gasteiger charge is -2.11. The van der Waals surface area contributed by atoms with Crippen LogP contribution in [0.15, 0.2) is 0 Å². The van der Waals surface area contributed by atoms with Crippen LogP contribution in [0, 0.1) is 0 Å². The summed E-state index contributed by atoms with van der Waals surface area (Å²) in [4.78, 5) is 0. The maximum absolute atomic E-state index is 10.8. The SMILES string of the molecule is CC(CS(C)=O)NCCCS(C)(=O)=O. The predicted octanol–water partition coefficient (Wildman–Crippen LogP) is -0.222. The molecule has 0 saturated carbocycles. The Hall–Kier alpha value is 0.0600. The molecule has 14 heavy (non-hydrogen) atoms. The third-order valence-electron chi connectivity index (χ3n) is 1.67. The van der Waals surface area contributed by atoms with Gasteiger partial charge in [0.1, 0.15) is 9.84 Å². The second kappa shape index (κ2) is 6.53. The topological polar surface area (TPSA) is 63.2 Å². The second-order valence-electron chi connectivity index (χ2n) is 3.58. The van der Waals surface area contributed by atoms with Gasteiger partial charge in [-0.25, -0.2) is 8.42 Å². The molecule has 0 radical (unpaired) electrons. The molecule has 0 aromatic carbocycles. The summed E-state index contributed by atoms with van der Waals surface area (Å²) in [5.74, 6) is 0.820. The van der Waals surface area contributed by atoms with E-state index in [4.69, 9.17) is 0 Å². The average molecular weight is 241 g/mol. The largest absolute Gasteiger partial charge is 0.313 e. The standard InChI is InChI=1S/C8H19NO3S2/c1-8(7-13(2)10)9-5-4-6-14(3,11)12/h8-9H,4-7H2,1-3H3. The molecule has 4 nitrogen and oxygen atoms in total. The number of sulfone groups is 1. The molecule has 0 spiro atoms. The van der Waals surface area contributed by atoms with E-state index >= 15 is 0 Å². The van der Waals surface area contributed by atoms with E-state index in [2.05, 4.69) is 5.32 Å². The smallest absolute Gasteiger partial charge is 0.147 e. The van der Waals surface area contributed by atoms with Crippen LogP contribution in [0.25, 0.3) is 0 Å². The number of hydrogen-bond donors (Lipinski definition) is 1. The average Bonchev–Trinajstić information content (AvgIpc) is 1.95. The van der Waals surface area contributed by atoms with Gasteiger partial charge in [-0.3, -0.25) is 4.21 Å². The van der Waals surface area contributed by atoms with Gasteiger partial charge in [0.2, 0.25) is 0 Å². The van der Waals surface area contributed by atoms with Crippen molar-refractivity contribution in [2.75, 3.05) is 30.6 Å². The lowest BCUT2D eigenvalue weighted by molar-refractivity contribution is 0.571. The quantitative estimate of drug-likeness (QED) is 0.626. The Morgan fingerprint density at radius 3 is 2.43 bits per heavy atom. The molecule has 0 bridgehead atoms. The zero-order valence-corrected chi connectivity index (χ0v) is 10.6. The van der Waals surface area contributed by atoms with E-state index in [9.17, 15) is 12.6 Å². The number of nitrogens with one attached hydrogen (secondary N) is 1. The predicted molar refractivity (Wildman–Crippen MR) is 60.7 cm³/mol. The summed E-state index contributed by atoms with van der Waals surface area (Å²) >= 11 is 0. The molecule has 2 atom stereocenters. The molecule has 0 aromatic heterocycles. The Balaban J connectivity index is 3.50. The maximum Gasteiger partial charge on any atom is 0.147 e. The molecule has 0 saturated heterocycles. The third-order valence-corrected chi connectivity index (χ3v) is 3.67. The van der Waals surface area contributed by atoms with Crippen molar-refractivity contribution in [3.8, 4) is 0 Å². The Morgan fingerprint density at radius 2 is 2.00 bits per heavy atom. The lowest BCUT2D eigenvalue weighted by atomic mass is 10.3. The lowest BCUT2D eigenvalue weighted by Crippen LogP contribution is -2.32. The first kappa shape index (κ1) is 14.1. The van der Waals surface area contributed by atoms with E-state index in [0.29, 0.717) is 18.7 Å². The van der Waals surface area contributed by atoms with Crippen LogP contribution in [-0.4, -0.2) is 49.2 Å². The molecule has 0 aliphatic heterocycles. The summed E-state index contributed by atoms with van der Waals surface area (Å²) in [5.41, 5.74) is 0. The van der Waals surface area contributed by atoms with Crippen molar-refractivity contribution >= 4 is 20.6 Å². The summed E-state index contributed by atoms with van der Waals surface area (Å²) in [7, 11) is -3.64. The fraction of sp³-hybridized carbons (Fsp3) is 1.00. The molecular weight excluding hydrogens is 222 g/mol. The molecule has 0 rings (SSSR count). The van der Waals surface area contributed by atoms with Gasteiger partial charge in [0.15, 0.2) is 0 Å². The van der Waals surface area contributed by atoms with E-state index in [0.717, 1.165) is 0 Å². The van der Waals surface area contributed by atoms with Crippen molar-refractivity contribution in [1.82, 2.24) is 5.32 Å². The number of rotatable bonds is 7. The second-order valence-corrected chi connectivity index (χ2v) is 7.32. The van der Waals surface area contributed by atoms with Gasteiger partial charge >= 0.3 is 0 Å². The molecule has 0 aromatic rings. The van der Waals surface area contributed by atoms with Gasteiger partial charge in [0.05, 0.1) is 5.75 Å². The van der Waals surface area contributed by atoms with Crippen molar-refractivity contribution in [1.29, 1.82) is 0 Å². The first-order chi connectivity index (χ1) is 6.31. The molecule has 0 fully saturated rings. The molecule has 0 heterocycles. The Bertz CT molecular complexity index is 274. The molecular formula is C8H19NO3S2. The molecule has 6 heteroatoms. The van der Waals surface area contributed by atoms with E-state index in [1.807, 2.05) is 6.92 Å². The van der Waals surface area contributed by atoms with Crippen LogP contribution < -0.4 is 5.32 Å². The normalized spacial score (nSPS) is 16.5. The molecule has 1 N–H and O–H groups in total. The van der Waals surface area contributed by atoms with Crippen molar-refractivity contribution in [2.45, 2.75) is 19.4 Å². The summed E-state index contributed by atoms with van der Waals surface area (Å²) in [6, 6.07) is 0.181. The van der Waals surface area contributed by atoms with Gasteiger partial charge in [-0.15, -0.1) is 0 Å². The molecule has 86 valence electrons. The van der Waals surface area contributed by atoms with E-state index in [-0.39, 0.29) is 11.8 Å². The van der Waals surface area contributed by atoms with Crippen LogP contribution in [0.1, 0.15) is 13.3 Å². The monoisotopic (exact) mass is 241 g/mol. The summed E-state index contributed by atoms with van der Waals surface area (Å²) in [5, 5.41) is 3.13. The van der Waals surface area contributed by atoms with Gasteiger partial charge in [0.25, 0.3) is 0 Å². The highest BCUT2D eigenvalue weighted by Crippen LogP contribution is 1.90. The minimum absolute atomic E-state index is 0.181. The summed E-state index contributed by atoms with van der Waals surface area (Å²) in [6.07, 6.45) is 3.51. The number of hydrogen-bond acceptors (Lipinski definition) is 4. The minimum Gasteiger partial charge on any atom is -0.313 e. The van der Waals surface area contributed by atoms with Crippen molar-refractivity contribution in [3.63, 3.8) is 0 Å². The van der Waals surface area contributed by atoms with Crippen LogP contribution in [0.4, 0.5) is 0 Å². The Kier molecular flexibility index (Phi) is 6.55. The fourth-order valence-electron chi connectivity index (χ4n) is 1.09. The van der Waals surface area contributed by atoms with Crippen molar-refractivity contribution < 1.29 is 12.6 Å². The van der Waals surface area contributed by atoms with Gasteiger partial charge in [0, 0.05) is 35.1 Å². The van der Waals surface area contributed by atoms with Crippen molar-refractivity contribution in [3.05, 3.63) is 0 Å². The Labute approximate surface area is 88.8 Å². The van der Waals surface area contributed by atoms with Gasteiger partial charge in [-0.2, -0.15) is 0 Å². The van der Waals surface area contributed by atoms with Crippen LogP contribution in [0.3, 0.4) is 0 Å². The summed E-state index contributed by atoms with van der Waals surface area (Å²) in [6.45, 7) is 2.60. The maximum atomic E-state index is 10.8. The highest BCUT2D eigenvalue weighted by atomic mass is 32.2. The molecule has 0 aliphatic rings. The van der Waals surface area contributed by atoms with Gasteiger partial charge in [-0.1, -0.05) is 0 Å². The molecule has 0 amide bonds.